The Kier molecular flexibility index (Phi) is 6.90. The number of aromatic hydroxyl groups is 1. The van der Waals surface area contributed by atoms with Gasteiger partial charge in [-0.3, -0.25) is 0 Å². The maximum atomic E-state index is 11.4. The molecule has 2 aromatic carbocycles. The molecule has 0 radical (unpaired) electrons. The summed E-state index contributed by atoms with van der Waals surface area (Å²) in [7, 11) is 0. The van der Waals surface area contributed by atoms with Gasteiger partial charge in [0.15, 0.2) is 0 Å². The molecule has 0 bridgehead atoms. The van der Waals surface area contributed by atoms with E-state index in [9.17, 15) is 9.90 Å². The van der Waals surface area contributed by atoms with Gasteiger partial charge >= 0.3 is 5.97 Å². The summed E-state index contributed by atoms with van der Waals surface area (Å²) in [6, 6.07) is 10.3. The molecular weight excluding hydrogens is 386 g/mol. The maximum Gasteiger partial charge on any atom is 0.333 e. The maximum absolute atomic E-state index is 11.4. The van der Waals surface area contributed by atoms with Crippen LogP contribution in [0.2, 0.25) is 0 Å². The van der Waals surface area contributed by atoms with E-state index in [0.717, 1.165) is 12.8 Å². The molecule has 0 atom stereocenters. The molecule has 0 amide bonds. The molecule has 0 aliphatic heterocycles. The predicted octanol–water partition coefficient (Wildman–Crippen LogP) is 3.80. The van der Waals surface area contributed by atoms with Crippen LogP contribution in [-0.2, 0) is 9.53 Å². The van der Waals surface area contributed by atoms with Gasteiger partial charge in [-0.05, 0) is 37.6 Å². The molecule has 0 spiro atoms. The second kappa shape index (κ2) is 9.78. The largest absolute Gasteiger partial charge is 0.505 e. The molecule has 1 heterocycles. The fraction of sp³-hybridized carbons (Fsp3) is 0.318. The fourth-order valence-electron chi connectivity index (χ4n) is 2.61. The minimum Gasteiger partial charge on any atom is -0.505 e. The van der Waals surface area contributed by atoms with Crippen LogP contribution < -0.4 is 9.47 Å². The molecule has 0 aliphatic rings. The Labute approximate surface area is 174 Å². The monoisotopic (exact) mass is 411 g/mol. The van der Waals surface area contributed by atoms with Gasteiger partial charge in [0.1, 0.15) is 47.2 Å². The van der Waals surface area contributed by atoms with Crippen molar-refractivity contribution in [2.24, 2.45) is 0 Å². The van der Waals surface area contributed by atoms with Crippen LogP contribution in [0.4, 0.5) is 0 Å². The van der Waals surface area contributed by atoms with Crippen molar-refractivity contribution in [2.75, 3.05) is 19.8 Å². The summed E-state index contributed by atoms with van der Waals surface area (Å²) in [6.07, 6.45) is 1.99. The molecule has 8 heteroatoms. The topological polar surface area (TPSA) is 95.7 Å². The van der Waals surface area contributed by atoms with Crippen molar-refractivity contribution in [3.05, 3.63) is 48.6 Å². The van der Waals surface area contributed by atoms with E-state index >= 15 is 0 Å². The second-order valence-corrected chi connectivity index (χ2v) is 6.76. The number of phenols is 1. The van der Waals surface area contributed by atoms with Crippen LogP contribution in [0.5, 0.6) is 17.2 Å². The van der Waals surface area contributed by atoms with Crippen LogP contribution in [-0.4, -0.2) is 45.9 Å². The zero-order valence-electron chi connectivity index (χ0n) is 17.1. The van der Waals surface area contributed by atoms with E-state index in [0.29, 0.717) is 40.4 Å². The van der Waals surface area contributed by atoms with Gasteiger partial charge in [0, 0.05) is 17.7 Å². The summed E-state index contributed by atoms with van der Waals surface area (Å²) in [5.74, 6) is 0.757. The minimum atomic E-state index is -0.446. The summed E-state index contributed by atoms with van der Waals surface area (Å²) in [5.41, 5.74) is 2.05. The summed E-state index contributed by atoms with van der Waals surface area (Å²) in [4.78, 5) is 12.7. The van der Waals surface area contributed by atoms with Crippen LogP contribution in [0.1, 0.15) is 26.7 Å². The van der Waals surface area contributed by atoms with Crippen LogP contribution in [0.3, 0.4) is 0 Å². The highest BCUT2D eigenvalue weighted by atomic mass is 16.6. The number of unbranched alkanes of at least 4 members (excludes halogenated alkanes) is 1. The van der Waals surface area contributed by atoms with E-state index in [1.165, 1.54) is 4.80 Å². The summed E-state index contributed by atoms with van der Waals surface area (Å²) < 4.78 is 16.2. The molecule has 0 saturated heterocycles. The Morgan fingerprint density at radius 3 is 2.47 bits per heavy atom. The van der Waals surface area contributed by atoms with Crippen molar-refractivity contribution in [3.8, 4) is 22.9 Å². The lowest BCUT2D eigenvalue weighted by Crippen LogP contribution is -2.12. The number of fused-ring (bicyclic) bond motifs is 1. The molecule has 3 rings (SSSR count). The van der Waals surface area contributed by atoms with Gasteiger partial charge in [-0.1, -0.05) is 19.9 Å². The Morgan fingerprint density at radius 1 is 1.03 bits per heavy atom. The number of hydrogen-bond acceptors (Lipinski definition) is 7. The Bertz CT molecular complexity index is 1040. The molecule has 158 valence electrons. The van der Waals surface area contributed by atoms with E-state index in [-0.39, 0.29) is 19.0 Å². The molecule has 0 saturated carbocycles. The number of carbonyl (C=O) groups is 1. The Morgan fingerprint density at radius 2 is 1.73 bits per heavy atom. The number of nitrogens with zero attached hydrogens (tertiary/aromatic N) is 3. The normalized spacial score (nSPS) is 10.7. The van der Waals surface area contributed by atoms with E-state index in [1.54, 1.807) is 43.3 Å². The van der Waals surface area contributed by atoms with E-state index < -0.39 is 5.97 Å². The highest BCUT2D eigenvalue weighted by molar-refractivity contribution is 5.86. The van der Waals surface area contributed by atoms with Crippen LogP contribution in [0.25, 0.3) is 16.7 Å². The summed E-state index contributed by atoms with van der Waals surface area (Å²) >= 11 is 0. The van der Waals surface area contributed by atoms with Gasteiger partial charge in [0.05, 0.1) is 6.61 Å². The van der Waals surface area contributed by atoms with Gasteiger partial charge in [-0.25, -0.2) is 4.79 Å². The van der Waals surface area contributed by atoms with E-state index in [2.05, 4.69) is 23.7 Å². The van der Waals surface area contributed by atoms with Crippen molar-refractivity contribution < 1.29 is 24.1 Å². The van der Waals surface area contributed by atoms with Crippen LogP contribution in [0.15, 0.2) is 48.6 Å². The van der Waals surface area contributed by atoms with Gasteiger partial charge in [-0.15, -0.1) is 15.0 Å². The first-order chi connectivity index (χ1) is 14.5. The molecular formula is C22H25N3O5. The lowest BCUT2D eigenvalue weighted by molar-refractivity contribution is -0.139. The summed E-state index contributed by atoms with van der Waals surface area (Å²) in [6.45, 7) is 8.14. The lowest BCUT2D eigenvalue weighted by atomic mass is 10.3. The van der Waals surface area contributed by atoms with Crippen LogP contribution in [0, 0.1) is 0 Å². The smallest absolute Gasteiger partial charge is 0.333 e. The lowest BCUT2D eigenvalue weighted by Gasteiger charge is -2.08. The van der Waals surface area contributed by atoms with Gasteiger partial charge in [0.25, 0.3) is 0 Å². The number of ether oxygens (including phenoxy) is 3. The van der Waals surface area contributed by atoms with Crippen molar-refractivity contribution in [1.29, 1.82) is 0 Å². The molecule has 30 heavy (non-hydrogen) atoms. The summed E-state index contributed by atoms with van der Waals surface area (Å²) in [5, 5.41) is 19.2. The number of phenolic OH excluding ortho intramolecular Hbond substituents is 1. The van der Waals surface area contributed by atoms with Gasteiger partial charge in [-0.2, -0.15) is 0 Å². The fourth-order valence-corrected chi connectivity index (χ4v) is 2.61. The molecule has 0 fully saturated rings. The molecule has 1 N–H and O–H groups in total. The van der Waals surface area contributed by atoms with Crippen LogP contribution >= 0.6 is 0 Å². The zero-order valence-corrected chi connectivity index (χ0v) is 17.1. The zero-order chi connectivity index (χ0) is 21.5. The average Bonchev–Trinajstić information content (AvgIpc) is 3.14. The second-order valence-electron chi connectivity index (χ2n) is 6.76. The standard InChI is InChI=1S/C22H25N3O5/c1-4-5-10-28-17-7-9-20(21(26)14-17)25-23-18-8-6-16(13-19(18)24-25)29-11-12-30-22(27)15(2)3/h6-9,13-14,26H,2,4-5,10-12H2,1,3H3. The van der Waals surface area contributed by atoms with Crippen molar-refractivity contribution >= 4 is 17.0 Å². The first-order valence-electron chi connectivity index (χ1n) is 9.76. The number of esters is 1. The number of benzene rings is 2. The SMILES string of the molecule is C=C(C)C(=O)OCCOc1ccc2nn(-c3ccc(OCCCC)cc3O)nc2c1. The predicted molar refractivity (Wildman–Crippen MR) is 112 cm³/mol. The molecule has 0 unspecified atom stereocenters. The van der Waals surface area contributed by atoms with E-state index in [4.69, 9.17) is 14.2 Å². The third-order valence-electron chi connectivity index (χ3n) is 4.21. The number of aromatic nitrogens is 3. The number of carbonyl (C=O) groups excluding carboxylic acids is 1. The highest BCUT2D eigenvalue weighted by Gasteiger charge is 2.11. The first kappa shape index (κ1) is 21.2. The quantitative estimate of drug-likeness (QED) is 0.308. The molecule has 8 nitrogen and oxygen atoms in total. The molecule has 3 aromatic rings. The van der Waals surface area contributed by atoms with Gasteiger partial charge < -0.3 is 19.3 Å². The van der Waals surface area contributed by atoms with E-state index in [1.807, 2.05) is 0 Å². The number of rotatable bonds is 10. The molecule has 1 aromatic heterocycles. The highest BCUT2D eigenvalue weighted by Crippen LogP contribution is 2.27. The minimum absolute atomic E-state index is 0.0279. The third kappa shape index (κ3) is 5.28. The average molecular weight is 411 g/mol. The third-order valence-corrected chi connectivity index (χ3v) is 4.21. The van der Waals surface area contributed by atoms with Crippen molar-refractivity contribution in [1.82, 2.24) is 15.0 Å². The Hall–Kier alpha value is -3.55. The molecule has 0 aliphatic carbocycles. The van der Waals surface area contributed by atoms with Crippen molar-refractivity contribution in [2.45, 2.75) is 26.7 Å². The number of hydrogen-bond donors (Lipinski definition) is 1. The van der Waals surface area contributed by atoms with Gasteiger partial charge in [0.2, 0.25) is 0 Å². The first-order valence-corrected chi connectivity index (χ1v) is 9.76. The van der Waals surface area contributed by atoms with Crippen molar-refractivity contribution in [3.63, 3.8) is 0 Å². The Balaban J connectivity index is 1.67.